The van der Waals surface area contributed by atoms with Crippen molar-refractivity contribution in [3.05, 3.63) is 54.4 Å². The quantitative estimate of drug-likeness (QED) is 0.723. The van der Waals surface area contributed by atoms with Crippen LogP contribution in [0.4, 0.5) is 18.9 Å². The third kappa shape index (κ3) is 5.77. The second kappa shape index (κ2) is 8.38. The van der Waals surface area contributed by atoms with Gasteiger partial charge in [0.15, 0.2) is 5.11 Å². The number of nitrogens with one attached hydrogen (secondary N) is 1. The molecule has 1 heterocycles. The maximum Gasteiger partial charge on any atom is 0.416 e. The summed E-state index contributed by atoms with van der Waals surface area (Å²) in [6.45, 7) is 5.61. The lowest BCUT2D eigenvalue weighted by Crippen LogP contribution is -2.40. The number of aryl methyl sites for hydroxylation is 1. The van der Waals surface area contributed by atoms with Crippen molar-refractivity contribution in [3.8, 4) is 0 Å². The van der Waals surface area contributed by atoms with Gasteiger partial charge in [0.2, 0.25) is 0 Å². The number of aromatic nitrogens is 1. The zero-order chi connectivity index (χ0) is 18.4. The van der Waals surface area contributed by atoms with Crippen LogP contribution >= 0.6 is 12.2 Å². The number of hydrogen-bond donors (Lipinski definition) is 1. The number of benzene rings is 1. The maximum absolute atomic E-state index is 12.8. The van der Waals surface area contributed by atoms with Crippen LogP contribution in [-0.2, 0) is 12.7 Å². The summed E-state index contributed by atoms with van der Waals surface area (Å²) in [5.74, 6) is 0. The van der Waals surface area contributed by atoms with Gasteiger partial charge in [-0.2, -0.15) is 13.2 Å². The first-order chi connectivity index (χ1) is 11.8. The lowest BCUT2D eigenvalue weighted by atomic mass is 10.2. The van der Waals surface area contributed by atoms with Gasteiger partial charge in [-0.05, 0) is 62.8 Å². The third-order valence-electron chi connectivity index (χ3n) is 3.81. The standard InChI is InChI=1S/C18H22F3N3S/c1-14(2)24(12-6-11-23-9-3-4-10-23)17(25)22-16-8-5-7-15(13-16)18(19,20)21/h3-5,7-10,13-14H,6,11-12H2,1-2H3,(H,22,25). The van der Waals surface area contributed by atoms with Crippen LogP contribution < -0.4 is 5.32 Å². The van der Waals surface area contributed by atoms with Crippen molar-refractivity contribution >= 4 is 23.0 Å². The molecule has 0 amide bonds. The smallest absolute Gasteiger partial charge is 0.354 e. The number of hydrogen-bond acceptors (Lipinski definition) is 1. The normalized spacial score (nSPS) is 11.6. The molecule has 0 atom stereocenters. The van der Waals surface area contributed by atoms with E-state index < -0.39 is 11.7 Å². The van der Waals surface area contributed by atoms with Crippen molar-refractivity contribution in [2.24, 2.45) is 0 Å². The number of thiocarbonyl (C=S) groups is 1. The Hall–Kier alpha value is -2.02. The SMILES string of the molecule is CC(C)N(CCCn1cccc1)C(=S)Nc1cccc(C(F)(F)F)c1. The number of anilines is 1. The number of halogens is 3. The fourth-order valence-electron chi connectivity index (χ4n) is 2.51. The summed E-state index contributed by atoms with van der Waals surface area (Å²) in [7, 11) is 0. The number of alkyl halides is 3. The van der Waals surface area contributed by atoms with Gasteiger partial charge in [0.1, 0.15) is 0 Å². The molecule has 0 unspecified atom stereocenters. The second-order valence-electron chi connectivity index (χ2n) is 6.07. The predicted octanol–water partition coefficient (Wildman–Crippen LogP) is 5.00. The average molecular weight is 369 g/mol. The molecule has 0 saturated carbocycles. The van der Waals surface area contributed by atoms with Crippen LogP contribution in [0.1, 0.15) is 25.8 Å². The molecule has 2 aromatic rings. The van der Waals surface area contributed by atoms with Crippen LogP contribution in [0.25, 0.3) is 0 Å². The molecule has 136 valence electrons. The first-order valence-corrected chi connectivity index (χ1v) is 8.54. The Labute approximate surface area is 151 Å². The Morgan fingerprint density at radius 2 is 1.88 bits per heavy atom. The van der Waals surface area contributed by atoms with Gasteiger partial charge < -0.3 is 14.8 Å². The summed E-state index contributed by atoms with van der Waals surface area (Å²) in [6.07, 6.45) is 0.517. The van der Waals surface area contributed by atoms with E-state index >= 15 is 0 Å². The van der Waals surface area contributed by atoms with E-state index in [1.807, 2.05) is 43.3 Å². The highest BCUT2D eigenvalue weighted by molar-refractivity contribution is 7.80. The molecule has 0 bridgehead atoms. The molecule has 3 nitrogen and oxygen atoms in total. The van der Waals surface area contributed by atoms with Crippen molar-refractivity contribution in [3.63, 3.8) is 0 Å². The minimum Gasteiger partial charge on any atom is -0.354 e. The first-order valence-electron chi connectivity index (χ1n) is 8.13. The summed E-state index contributed by atoms with van der Waals surface area (Å²) in [5.41, 5.74) is -0.347. The Morgan fingerprint density at radius 3 is 2.48 bits per heavy atom. The molecular formula is C18H22F3N3S. The van der Waals surface area contributed by atoms with Gasteiger partial charge in [0, 0.05) is 37.2 Å². The van der Waals surface area contributed by atoms with Crippen molar-refractivity contribution in [1.29, 1.82) is 0 Å². The van der Waals surface area contributed by atoms with E-state index in [0.717, 1.165) is 31.6 Å². The molecule has 25 heavy (non-hydrogen) atoms. The molecule has 7 heteroatoms. The summed E-state index contributed by atoms with van der Waals surface area (Å²) < 4.78 is 40.5. The predicted molar refractivity (Wildman–Crippen MR) is 98.6 cm³/mol. The van der Waals surface area contributed by atoms with Gasteiger partial charge in [0.05, 0.1) is 5.56 Å². The van der Waals surface area contributed by atoms with Gasteiger partial charge in [-0.15, -0.1) is 0 Å². The van der Waals surface area contributed by atoms with Crippen LogP contribution in [0.2, 0.25) is 0 Å². The van der Waals surface area contributed by atoms with Crippen LogP contribution in [0.3, 0.4) is 0 Å². The average Bonchev–Trinajstić information content (AvgIpc) is 3.03. The van der Waals surface area contributed by atoms with Crippen LogP contribution in [-0.4, -0.2) is 27.2 Å². The topological polar surface area (TPSA) is 20.2 Å². The Bertz CT molecular complexity index is 681. The Balaban J connectivity index is 1.98. The third-order valence-corrected chi connectivity index (χ3v) is 4.14. The van der Waals surface area contributed by atoms with Crippen LogP contribution in [0.5, 0.6) is 0 Å². The molecule has 0 aliphatic heterocycles. The van der Waals surface area contributed by atoms with Crippen LogP contribution in [0.15, 0.2) is 48.8 Å². The van der Waals surface area contributed by atoms with Crippen LogP contribution in [0, 0.1) is 0 Å². The van der Waals surface area contributed by atoms with E-state index in [0.29, 0.717) is 10.8 Å². The molecule has 1 aromatic carbocycles. The van der Waals surface area contributed by atoms with E-state index in [1.54, 1.807) is 6.07 Å². The summed E-state index contributed by atoms with van der Waals surface area (Å²) in [6, 6.07) is 9.17. The Kier molecular flexibility index (Phi) is 6.47. The van der Waals surface area contributed by atoms with E-state index in [9.17, 15) is 13.2 Å². The highest BCUT2D eigenvalue weighted by Gasteiger charge is 2.30. The first kappa shape index (κ1) is 19.3. The lowest BCUT2D eigenvalue weighted by molar-refractivity contribution is -0.137. The zero-order valence-corrected chi connectivity index (χ0v) is 15.1. The fraction of sp³-hybridized carbons (Fsp3) is 0.389. The lowest BCUT2D eigenvalue weighted by Gasteiger charge is -2.30. The Morgan fingerprint density at radius 1 is 1.20 bits per heavy atom. The maximum atomic E-state index is 12.8. The fourth-order valence-corrected chi connectivity index (χ4v) is 2.93. The monoisotopic (exact) mass is 369 g/mol. The summed E-state index contributed by atoms with van der Waals surface area (Å²) >= 11 is 5.41. The van der Waals surface area contributed by atoms with Gasteiger partial charge in [-0.3, -0.25) is 0 Å². The minimum atomic E-state index is -4.37. The molecule has 0 radical (unpaired) electrons. The second-order valence-corrected chi connectivity index (χ2v) is 6.46. The van der Waals surface area contributed by atoms with Gasteiger partial charge in [0.25, 0.3) is 0 Å². The van der Waals surface area contributed by atoms with Crippen molar-refractivity contribution in [1.82, 2.24) is 9.47 Å². The molecule has 0 fully saturated rings. The van der Waals surface area contributed by atoms with Crippen molar-refractivity contribution in [2.45, 2.75) is 39.0 Å². The van der Waals surface area contributed by atoms with Gasteiger partial charge >= 0.3 is 6.18 Å². The largest absolute Gasteiger partial charge is 0.416 e. The summed E-state index contributed by atoms with van der Waals surface area (Å²) in [4.78, 5) is 1.99. The molecule has 2 rings (SSSR count). The highest BCUT2D eigenvalue weighted by atomic mass is 32.1. The zero-order valence-electron chi connectivity index (χ0n) is 14.3. The minimum absolute atomic E-state index is 0.149. The van der Waals surface area contributed by atoms with Gasteiger partial charge in [-0.1, -0.05) is 6.07 Å². The molecule has 1 aromatic heterocycles. The number of nitrogens with zero attached hydrogens (tertiary/aromatic N) is 2. The van der Waals surface area contributed by atoms with Crippen molar-refractivity contribution in [2.75, 3.05) is 11.9 Å². The molecule has 1 N–H and O–H groups in total. The van der Waals surface area contributed by atoms with Gasteiger partial charge in [-0.25, -0.2) is 0 Å². The molecule has 0 aliphatic rings. The number of rotatable bonds is 6. The highest BCUT2D eigenvalue weighted by Crippen LogP contribution is 2.30. The van der Waals surface area contributed by atoms with E-state index in [1.165, 1.54) is 6.07 Å². The molecular weight excluding hydrogens is 347 g/mol. The molecule has 0 spiro atoms. The molecule has 0 aliphatic carbocycles. The van der Waals surface area contributed by atoms with E-state index in [4.69, 9.17) is 12.2 Å². The van der Waals surface area contributed by atoms with E-state index in [2.05, 4.69) is 9.88 Å². The van der Waals surface area contributed by atoms with Crippen molar-refractivity contribution < 1.29 is 13.2 Å². The summed E-state index contributed by atoms with van der Waals surface area (Å²) in [5, 5.41) is 3.36. The molecule has 0 saturated heterocycles. The van der Waals surface area contributed by atoms with E-state index in [-0.39, 0.29) is 6.04 Å².